The first kappa shape index (κ1) is 46.4. The van der Waals surface area contributed by atoms with Crippen LogP contribution in [0.25, 0.3) is 0 Å². The van der Waals surface area contributed by atoms with Crippen molar-refractivity contribution in [3.05, 3.63) is 0 Å². The van der Waals surface area contributed by atoms with Crippen molar-refractivity contribution in [3.63, 3.8) is 0 Å². The number of unbranched alkanes of at least 4 members (excludes halogenated alkanes) is 5. The van der Waals surface area contributed by atoms with E-state index in [4.69, 9.17) is 0 Å². The van der Waals surface area contributed by atoms with Crippen LogP contribution < -0.4 is 44.4 Å². The van der Waals surface area contributed by atoms with Crippen LogP contribution in [0.15, 0.2) is 0 Å². The number of rotatable bonds is 10. The summed E-state index contributed by atoms with van der Waals surface area (Å²) in [5.41, 5.74) is 0. The molecule has 0 saturated heterocycles. The van der Waals surface area contributed by atoms with Crippen LogP contribution in [0.4, 0.5) is 0 Å². The fourth-order valence-corrected chi connectivity index (χ4v) is 0.722. The minimum absolute atomic E-state index is 0. The van der Waals surface area contributed by atoms with Gasteiger partial charge >= 0.3 is 41.2 Å². The van der Waals surface area contributed by atoms with Gasteiger partial charge in [-0.2, -0.15) is 0 Å². The first-order valence-electron chi connectivity index (χ1n) is 9.98. The van der Waals surface area contributed by atoms with Gasteiger partial charge in [-0.1, -0.05) is 98.8 Å². The second-order valence-electron chi connectivity index (χ2n) is 5.29. The van der Waals surface area contributed by atoms with E-state index in [9.17, 15) is 25.5 Å². The first-order chi connectivity index (χ1) is 12.1. The summed E-state index contributed by atoms with van der Waals surface area (Å²) in [7, 11) is 0. The summed E-state index contributed by atoms with van der Waals surface area (Å²) < 4.78 is 0. The fourth-order valence-electron chi connectivity index (χ4n) is 0.722. The molecule has 7 heteroatoms. The van der Waals surface area contributed by atoms with E-state index in [1.807, 2.05) is 34.6 Å². The summed E-state index contributed by atoms with van der Waals surface area (Å²) in [6.07, 6.45) is 9.32. The summed E-state index contributed by atoms with van der Waals surface area (Å²) in [5.74, 6) is 0. The molecule has 0 aromatic carbocycles. The molecule has 0 N–H and O–H groups in total. The Morgan fingerprint density at radius 3 is 0.519 bits per heavy atom. The van der Waals surface area contributed by atoms with Crippen molar-refractivity contribution in [3.8, 4) is 0 Å². The van der Waals surface area contributed by atoms with Crippen molar-refractivity contribution in [1.29, 1.82) is 0 Å². The zero-order valence-electron chi connectivity index (χ0n) is 20.1. The molecule has 0 aliphatic heterocycles. The molecule has 0 aliphatic carbocycles. The van der Waals surface area contributed by atoms with Gasteiger partial charge in [0.2, 0.25) is 0 Å². The van der Waals surface area contributed by atoms with E-state index in [1.165, 1.54) is 0 Å². The molecule has 0 rings (SSSR count). The van der Waals surface area contributed by atoms with Gasteiger partial charge in [-0.15, -0.1) is 33.0 Å². The Hall–Kier alpha value is 1.14. The molecular formula is C20H46LiNbO5. The van der Waals surface area contributed by atoms with Crippen LogP contribution in [-0.4, -0.2) is 33.0 Å². The average molecular weight is 466 g/mol. The quantitative estimate of drug-likeness (QED) is 0.341. The third-order valence-electron chi connectivity index (χ3n) is 2.49. The molecule has 0 heterocycles. The van der Waals surface area contributed by atoms with Crippen molar-refractivity contribution in [2.24, 2.45) is 0 Å². The second-order valence-corrected chi connectivity index (χ2v) is 5.29. The largest absolute Gasteiger partial charge is 5.00 e. The number of hydrogen-bond donors (Lipinski definition) is 0. The van der Waals surface area contributed by atoms with E-state index in [-0.39, 0.29) is 75.7 Å². The van der Waals surface area contributed by atoms with E-state index < -0.39 is 0 Å². The molecular weight excluding hydrogens is 420 g/mol. The molecule has 0 aromatic rings. The van der Waals surface area contributed by atoms with Crippen LogP contribution in [0.3, 0.4) is 0 Å². The standard InChI is InChI=1S/5C4H9O.Li.Nb.H/c5*1-2-3-4-5;;;/h5*2-4H2,1H3;;;/q5*-1;+1;+5;-1. The molecule has 0 unspecified atom stereocenters. The Balaban J connectivity index is -0.0000000290. The van der Waals surface area contributed by atoms with Crippen LogP contribution in [0.5, 0.6) is 0 Å². The zero-order chi connectivity index (χ0) is 20.6. The smallest absolute Gasteiger partial charge is 1.00 e. The number of hydrogen-bond acceptors (Lipinski definition) is 5. The second kappa shape index (κ2) is 71.2. The van der Waals surface area contributed by atoms with Crippen LogP contribution in [0.2, 0.25) is 0 Å². The Morgan fingerprint density at radius 2 is 0.519 bits per heavy atom. The SMILES string of the molecule is CCCC[O-].CCCC[O-].CCCC[O-].CCCC[O-].CCCC[O-].[H-].[Li+].[Nb+5]. The van der Waals surface area contributed by atoms with Crippen molar-refractivity contribution in [1.82, 2.24) is 0 Å². The maximum atomic E-state index is 9.53. The molecule has 162 valence electrons. The summed E-state index contributed by atoms with van der Waals surface area (Å²) in [6, 6.07) is 0. The van der Waals surface area contributed by atoms with Crippen LogP contribution >= 0.6 is 0 Å². The summed E-state index contributed by atoms with van der Waals surface area (Å²) >= 11 is 0. The van der Waals surface area contributed by atoms with E-state index in [0.29, 0.717) is 0 Å². The van der Waals surface area contributed by atoms with Gasteiger partial charge in [0.1, 0.15) is 0 Å². The maximum Gasteiger partial charge on any atom is 5.00 e. The molecule has 0 bridgehead atoms. The molecule has 0 fully saturated rings. The van der Waals surface area contributed by atoms with Crippen LogP contribution in [-0.2, 0) is 22.4 Å². The Kier molecular flexibility index (Phi) is 122. The predicted octanol–water partition coefficient (Wildman–Crippen LogP) is -2.15. The van der Waals surface area contributed by atoms with Crippen molar-refractivity contribution >= 4 is 0 Å². The molecule has 0 aliphatic rings. The van der Waals surface area contributed by atoms with Gasteiger partial charge in [-0.25, -0.2) is 0 Å². The normalized spacial score (nSPS) is 7.78. The Bertz CT molecular complexity index is 109. The van der Waals surface area contributed by atoms with E-state index in [1.54, 1.807) is 0 Å². The summed E-state index contributed by atoms with van der Waals surface area (Å²) in [6.45, 7) is 10.5. The average Bonchev–Trinajstić information content (AvgIpc) is 2.61. The Labute approximate surface area is 199 Å². The summed E-state index contributed by atoms with van der Waals surface area (Å²) in [5, 5.41) is 47.6. The minimum atomic E-state index is 0. The maximum absolute atomic E-state index is 9.53. The van der Waals surface area contributed by atoms with Gasteiger partial charge in [0, 0.05) is 0 Å². The van der Waals surface area contributed by atoms with Crippen molar-refractivity contribution < 1.29 is 68.2 Å². The molecule has 0 aromatic heterocycles. The van der Waals surface area contributed by atoms with Crippen LogP contribution in [0.1, 0.15) is 100 Å². The van der Waals surface area contributed by atoms with Gasteiger partial charge in [0.15, 0.2) is 0 Å². The van der Waals surface area contributed by atoms with Gasteiger partial charge in [-0.3, -0.25) is 0 Å². The molecule has 0 atom stereocenters. The summed E-state index contributed by atoms with van der Waals surface area (Å²) in [4.78, 5) is 0. The minimum Gasteiger partial charge on any atom is -1.00 e. The predicted molar refractivity (Wildman–Crippen MR) is 100.0 cm³/mol. The third-order valence-corrected chi connectivity index (χ3v) is 2.49. The van der Waals surface area contributed by atoms with Gasteiger partial charge in [0.05, 0.1) is 0 Å². The third kappa shape index (κ3) is 138. The monoisotopic (exact) mass is 466 g/mol. The zero-order valence-corrected chi connectivity index (χ0v) is 21.3. The van der Waals surface area contributed by atoms with E-state index >= 15 is 0 Å². The fraction of sp³-hybridized carbons (Fsp3) is 1.00. The molecule has 0 radical (unpaired) electrons. The first-order valence-corrected chi connectivity index (χ1v) is 9.98. The Morgan fingerprint density at radius 1 is 0.407 bits per heavy atom. The van der Waals surface area contributed by atoms with Crippen molar-refractivity contribution in [2.75, 3.05) is 33.0 Å². The van der Waals surface area contributed by atoms with Gasteiger partial charge in [0.25, 0.3) is 0 Å². The molecule has 0 spiro atoms. The van der Waals surface area contributed by atoms with Crippen LogP contribution in [0, 0.1) is 0 Å². The van der Waals surface area contributed by atoms with Gasteiger partial charge in [-0.05, 0) is 0 Å². The molecule has 27 heavy (non-hydrogen) atoms. The van der Waals surface area contributed by atoms with E-state index in [2.05, 4.69) is 0 Å². The molecule has 0 amide bonds. The molecule has 5 nitrogen and oxygen atoms in total. The van der Waals surface area contributed by atoms with Crippen molar-refractivity contribution in [2.45, 2.75) is 98.8 Å². The molecule has 0 saturated carbocycles. The van der Waals surface area contributed by atoms with Gasteiger partial charge < -0.3 is 27.0 Å². The topological polar surface area (TPSA) is 115 Å². The van der Waals surface area contributed by atoms with E-state index in [0.717, 1.165) is 64.2 Å².